The van der Waals surface area contributed by atoms with E-state index in [1.165, 1.54) is 16.3 Å². The van der Waals surface area contributed by atoms with Crippen molar-refractivity contribution in [3.63, 3.8) is 0 Å². The minimum absolute atomic E-state index is 0.972. The fraction of sp³-hybridized carbons (Fsp3) is 0.154. The van der Waals surface area contributed by atoms with E-state index in [0.29, 0.717) is 0 Å². The van der Waals surface area contributed by atoms with Crippen molar-refractivity contribution in [1.29, 1.82) is 0 Å². The Morgan fingerprint density at radius 3 is 2.50 bits per heavy atom. The number of carboxylic acids is 1. The van der Waals surface area contributed by atoms with Gasteiger partial charge in [0.25, 0.3) is 0 Å². The maximum atomic E-state index is 8.89. The van der Waals surface area contributed by atoms with E-state index in [4.69, 9.17) is 9.90 Å². The van der Waals surface area contributed by atoms with Gasteiger partial charge in [-0.1, -0.05) is 40.2 Å². The Morgan fingerprint density at radius 2 is 1.88 bits per heavy atom. The molecule has 16 heavy (non-hydrogen) atoms. The molecule has 2 aromatic carbocycles. The summed E-state index contributed by atoms with van der Waals surface area (Å²) >= 11 is 3.47. The van der Waals surface area contributed by atoms with Gasteiger partial charge >= 0.3 is 0 Å². The SMILES string of the molecule is CC(=O)[O-].Cc1cccc2ccc(Br)cc12. The Hall–Kier alpha value is -1.35. The Morgan fingerprint density at radius 1 is 1.25 bits per heavy atom. The third-order valence-electron chi connectivity index (χ3n) is 2.06. The highest BCUT2D eigenvalue weighted by molar-refractivity contribution is 9.10. The molecule has 0 amide bonds. The van der Waals surface area contributed by atoms with E-state index in [9.17, 15) is 0 Å². The topological polar surface area (TPSA) is 40.1 Å². The van der Waals surface area contributed by atoms with Gasteiger partial charge in [0.2, 0.25) is 0 Å². The maximum Gasteiger partial charge on any atom is 0.0383 e. The molecule has 0 heterocycles. The standard InChI is InChI=1S/C11H9Br.C2H4O2/c1-8-3-2-4-9-5-6-10(12)7-11(8)9;1-2(3)4/h2-7H,1H3;1H3,(H,3,4)/p-1. The third-order valence-corrected chi connectivity index (χ3v) is 2.56. The second kappa shape index (κ2) is 5.66. The lowest BCUT2D eigenvalue weighted by molar-refractivity contribution is -0.302. The number of carboxylic acid groups (broad SMARTS) is 1. The van der Waals surface area contributed by atoms with Gasteiger partial charge in [-0.2, -0.15) is 0 Å². The second-order valence-electron chi connectivity index (χ2n) is 3.43. The summed E-state index contributed by atoms with van der Waals surface area (Å²) in [7, 11) is 0. The van der Waals surface area contributed by atoms with Gasteiger partial charge in [0, 0.05) is 10.4 Å². The minimum Gasteiger partial charge on any atom is -0.550 e. The van der Waals surface area contributed by atoms with Gasteiger partial charge < -0.3 is 9.90 Å². The number of hydrogen-bond donors (Lipinski definition) is 0. The molecule has 84 valence electrons. The number of benzene rings is 2. The van der Waals surface area contributed by atoms with Crippen LogP contribution < -0.4 is 5.11 Å². The third kappa shape index (κ3) is 3.66. The molecular weight excluding hydrogens is 268 g/mol. The molecule has 0 saturated carbocycles. The number of carbonyl (C=O) groups excluding carboxylic acids is 1. The van der Waals surface area contributed by atoms with Crippen molar-refractivity contribution in [3.8, 4) is 0 Å². The molecule has 0 aliphatic carbocycles. The van der Waals surface area contributed by atoms with Gasteiger partial charge in [-0.05, 0) is 42.3 Å². The van der Waals surface area contributed by atoms with Gasteiger partial charge in [0.15, 0.2) is 0 Å². The van der Waals surface area contributed by atoms with E-state index < -0.39 is 5.97 Å². The Kier molecular flexibility index (Phi) is 4.50. The van der Waals surface area contributed by atoms with Gasteiger partial charge in [-0.3, -0.25) is 0 Å². The number of halogens is 1. The van der Waals surface area contributed by atoms with E-state index >= 15 is 0 Å². The van der Waals surface area contributed by atoms with Crippen molar-refractivity contribution in [2.45, 2.75) is 13.8 Å². The predicted octanol–water partition coefficient (Wildman–Crippen LogP) is 2.67. The smallest absolute Gasteiger partial charge is 0.0383 e. The first-order chi connectivity index (χ1) is 7.50. The summed E-state index contributed by atoms with van der Waals surface area (Å²) in [5.41, 5.74) is 1.33. The van der Waals surface area contributed by atoms with Crippen LogP contribution in [-0.2, 0) is 4.79 Å². The first kappa shape index (κ1) is 12.7. The summed E-state index contributed by atoms with van der Waals surface area (Å²) in [5, 5.41) is 11.5. The average molecular weight is 280 g/mol. The largest absolute Gasteiger partial charge is 0.550 e. The van der Waals surface area contributed by atoms with Crippen LogP contribution in [0, 0.1) is 6.92 Å². The minimum atomic E-state index is -1.08. The highest BCUT2D eigenvalue weighted by Gasteiger charge is 1.95. The summed E-state index contributed by atoms with van der Waals surface area (Å²) in [6.45, 7) is 3.11. The molecule has 2 aromatic rings. The molecular formula is C13H12BrO2-. The fourth-order valence-electron chi connectivity index (χ4n) is 1.40. The molecule has 2 rings (SSSR count). The molecule has 0 radical (unpaired) electrons. The van der Waals surface area contributed by atoms with Crippen LogP contribution in [0.25, 0.3) is 10.8 Å². The molecule has 0 atom stereocenters. The van der Waals surface area contributed by atoms with E-state index in [1.54, 1.807) is 0 Å². The van der Waals surface area contributed by atoms with Crippen LogP contribution in [0.1, 0.15) is 12.5 Å². The van der Waals surface area contributed by atoms with Crippen molar-refractivity contribution < 1.29 is 9.90 Å². The molecule has 0 aliphatic rings. The number of carbonyl (C=O) groups is 1. The number of rotatable bonds is 0. The van der Waals surface area contributed by atoms with Crippen molar-refractivity contribution in [2.75, 3.05) is 0 Å². The lowest BCUT2D eigenvalue weighted by Crippen LogP contribution is -2.16. The van der Waals surface area contributed by atoms with Gasteiger partial charge in [-0.15, -0.1) is 0 Å². The zero-order chi connectivity index (χ0) is 12.1. The monoisotopic (exact) mass is 279 g/mol. The number of hydrogen-bond acceptors (Lipinski definition) is 2. The Labute approximate surface area is 103 Å². The van der Waals surface area contributed by atoms with Crippen molar-refractivity contribution in [1.82, 2.24) is 0 Å². The Balaban J connectivity index is 0.000000280. The molecule has 0 saturated heterocycles. The first-order valence-corrected chi connectivity index (χ1v) is 5.62. The molecule has 0 spiro atoms. The lowest BCUT2D eigenvalue weighted by atomic mass is 10.1. The number of fused-ring (bicyclic) bond motifs is 1. The molecule has 0 N–H and O–H groups in total. The molecule has 2 nitrogen and oxygen atoms in total. The van der Waals surface area contributed by atoms with Crippen LogP contribution in [0.4, 0.5) is 0 Å². The van der Waals surface area contributed by atoms with Gasteiger partial charge in [0.1, 0.15) is 0 Å². The fourth-order valence-corrected chi connectivity index (χ4v) is 1.76. The second-order valence-corrected chi connectivity index (χ2v) is 4.35. The summed E-state index contributed by atoms with van der Waals surface area (Å²) in [6, 6.07) is 12.7. The van der Waals surface area contributed by atoms with Crippen LogP contribution in [0.2, 0.25) is 0 Å². The van der Waals surface area contributed by atoms with Gasteiger partial charge in [-0.25, -0.2) is 0 Å². The molecule has 0 aliphatic heterocycles. The quantitative estimate of drug-likeness (QED) is 0.744. The summed E-state index contributed by atoms with van der Waals surface area (Å²) in [6.07, 6.45) is 0. The molecule has 0 bridgehead atoms. The van der Waals surface area contributed by atoms with Crippen LogP contribution >= 0.6 is 15.9 Å². The van der Waals surface area contributed by atoms with E-state index in [1.807, 2.05) is 0 Å². The zero-order valence-corrected chi connectivity index (χ0v) is 10.7. The first-order valence-electron chi connectivity index (χ1n) is 4.83. The highest BCUT2D eigenvalue weighted by Crippen LogP contribution is 2.22. The maximum absolute atomic E-state index is 8.89. The van der Waals surface area contributed by atoms with Crippen LogP contribution in [-0.4, -0.2) is 5.97 Å². The number of aliphatic carboxylic acids is 1. The molecule has 0 fully saturated rings. The summed E-state index contributed by atoms with van der Waals surface area (Å²) < 4.78 is 1.14. The predicted molar refractivity (Wildman–Crippen MR) is 67.1 cm³/mol. The van der Waals surface area contributed by atoms with Crippen LogP contribution in [0.3, 0.4) is 0 Å². The number of aryl methyl sites for hydroxylation is 1. The molecule has 0 unspecified atom stereocenters. The van der Waals surface area contributed by atoms with Crippen molar-refractivity contribution >= 4 is 32.7 Å². The van der Waals surface area contributed by atoms with Crippen molar-refractivity contribution in [3.05, 3.63) is 46.4 Å². The average Bonchev–Trinajstić information content (AvgIpc) is 2.18. The van der Waals surface area contributed by atoms with Gasteiger partial charge in [0.05, 0.1) is 0 Å². The highest BCUT2D eigenvalue weighted by atomic mass is 79.9. The molecule has 0 aromatic heterocycles. The van der Waals surface area contributed by atoms with Crippen molar-refractivity contribution in [2.24, 2.45) is 0 Å². The van der Waals surface area contributed by atoms with Crippen LogP contribution in [0.15, 0.2) is 40.9 Å². The molecule has 3 heteroatoms. The van der Waals surface area contributed by atoms with E-state index in [2.05, 4.69) is 59.3 Å². The summed E-state index contributed by atoms with van der Waals surface area (Å²) in [5.74, 6) is -1.08. The lowest BCUT2D eigenvalue weighted by Gasteiger charge is -2.01. The van der Waals surface area contributed by atoms with E-state index in [-0.39, 0.29) is 0 Å². The van der Waals surface area contributed by atoms with E-state index in [0.717, 1.165) is 11.4 Å². The normalized spacial score (nSPS) is 9.44. The summed E-state index contributed by atoms with van der Waals surface area (Å²) in [4.78, 5) is 8.89. The van der Waals surface area contributed by atoms with Crippen LogP contribution in [0.5, 0.6) is 0 Å². The zero-order valence-electron chi connectivity index (χ0n) is 9.16. The Bertz CT molecular complexity index is 502.